The molecule has 2 heterocycles. The molecular weight excluding hydrogens is 294 g/mol. The zero-order chi connectivity index (χ0) is 14.6. The summed E-state index contributed by atoms with van der Waals surface area (Å²) in [6, 6.07) is 0. The lowest BCUT2D eigenvalue weighted by Crippen LogP contribution is -2.34. The molecule has 0 radical (unpaired) electrons. The summed E-state index contributed by atoms with van der Waals surface area (Å²) in [5.41, 5.74) is 1.17. The number of hydrogen-bond acceptors (Lipinski definition) is 4. The predicted molar refractivity (Wildman–Crippen MR) is 84.5 cm³/mol. The van der Waals surface area contributed by atoms with E-state index in [-0.39, 0.29) is 12.0 Å². The van der Waals surface area contributed by atoms with Crippen LogP contribution in [0.4, 0.5) is 0 Å². The molecule has 20 heavy (non-hydrogen) atoms. The van der Waals surface area contributed by atoms with Crippen molar-refractivity contribution in [3.8, 4) is 0 Å². The van der Waals surface area contributed by atoms with Crippen LogP contribution in [0.2, 0.25) is 5.15 Å². The lowest BCUT2D eigenvalue weighted by Gasteiger charge is -2.31. The molecule has 112 valence electrons. The van der Waals surface area contributed by atoms with E-state index >= 15 is 0 Å². The summed E-state index contributed by atoms with van der Waals surface area (Å²) in [7, 11) is 0. The molecular formula is C14H22ClN3OS. The van der Waals surface area contributed by atoms with E-state index in [1.807, 2.05) is 16.0 Å². The fourth-order valence-electron chi connectivity index (χ4n) is 2.59. The number of imidazole rings is 1. The summed E-state index contributed by atoms with van der Waals surface area (Å²) >= 11 is 7.77. The summed E-state index contributed by atoms with van der Waals surface area (Å²) in [4.78, 5) is 5.26. The van der Waals surface area contributed by atoms with Gasteiger partial charge in [-0.1, -0.05) is 25.4 Å². The molecule has 2 rings (SSSR count). The first-order chi connectivity index (χ1) is 9.65. The number of aliphatic hydroxyl groups excluding tert-OH is 1. The molecule has 0 unspecified atom stereocenters. The minimum absolute atomic E-state index is 0.166. The first-order valence-electron chi connectivity index (χ1n) is 7.07. The molecule has 0 aliphatic carbocycles. The number of fused-ring (bicyclic) bond motifs is 1. The highest BCUT2D eigenvalue weighted by Gasteiger charge is 2.25. The lowest BCUT2D eigenvalue weighted by atomic mass is 9.79. The maximum Gasteiger partial charge on any atom is 0.195 e. The highest BCUT2D eigenvalue weighted by atomic mass is 35.5. The van der Waals surface area contributed by atoms with E-state index in [4.69, 9.17) is 11.6 Å². The van der Waals surface area contributed by atoms with Gasteiger partial charge in [-0.3, -0.25) is 4.40 Å². The molecule has 2 aromatic rings. The fraction of sp³-hybridized carbons (Fsp3) is 0.643. The Morgan fingerprint density at radius 2 is 2.20 bits per heavy atom. The van der Waals surface area contributed by atoms with Crippen molar-refractivity contribution in [1.29, 1.82) is 0 Å². The number of nitrogens with zero attached hydrogens (tertiary/aromatic N) is 2. The molecule has 2 aromatic heterocycles. The van der Waals surface area contributed by atoms with E-state index < -0.39 is 0 Å². The van der Waals surface area contributed by atoms with Crippen molar-refractivity contribution >= 4 is 27.9 Å². The Balaban J connectivity index is 2.01. The third kappa shape index (κ3) is 3.17. The molecule has 0 spiro atoms. The maximum absolute atomic E-state index is 9.24. The standard InChI is InChI=1S/C14H22ClN3OS/c1-3-14(4-2,5-7-19)10-16-9-11-12(15)17-13-18(11)6-8-20-13/h6,8,16,19H,3-5,7,9-10H2,1-2H3. The SMILES string of the molecule is CCC(CC)(CCO)CNCc1c(Cl)nc2sccn12. The number of hydrogen-bond donors (Lipinski definition) is 2. The molecule has 0 aliphatic rings. The monoisotopic (exact) mass is 315 g/mol. The summed E-state index contributed by atoms with van der Waals surface area (Å²) in [5, 5.41) is 15.3. The van der Waals surface area contributed by atoms with Crippen LogP contribution in [0.15, 0.2) is 11.6 Å². The quantitative estimate of drug-likeness (QED) is 0.785. The van der Waals surface area contributed by atoms with Crippen LogP contribution in [-0.4, -0.2) is 27.6 Å². The molecule has 0 aromatic carbocycles. The predicted octanol–water partition coefficient (Wildman–Crippen LogP) is 3.33. The maximum atomic E-state index is 9.24. The second-order valence-corrected chi connectivity index (χ2v) is 6.42. The Bertz CT molecular complexity index is 548. The first-order valence-corrected chi connectivity index (χ1v) is 8.33. The van der Waals surface area contributed by atoms with E-state index in [2.05, 4.69) is 24.1 Å². The van der Waals surface area contributed by atoms with Gasteiger partial charge in [-0.2, -0.15) is 0 Å². The van der Waals surface area contributed by atoms with Crippen LogP contribution < -0.4 is 5.32 Å². The van der Waals surface area contributed by atoms with Gasteiger partial charge in [0.15, 0.2) is 10.1 Å². The highest BCUT2D eigenvalue weighted by Crippen LogP contribution is 2.29. The number of rotatable bonds is 8. The van der Waals surface area contributed by atoms with Crippen molar-refractivity contribution in [2.45, 2.75) is 39.7 Å². The van der Waals surface area contributed by atoms with Gasteiger partial charge in [0.1, 0.15) is 0 Å². The topological polar surface area (TPSA) is 49.6 Å². The van der Waals surface area contributed by atoms with E-state index in [9.17, 15) is 5.11 Å². The lowest BCUT2D eigenvalue weighted by molar-refractivity contribution is 0.163. The van der Waals surface area contributed by atoms with E-state index in [1.165, 1.54) is 0 Å². The third-order valence-electron chi connectivity index (χ3n) is 4.25. The number of thiazole rings is 1. The largest absolute Gasteiger partial charge is 0.396 e. The second kappa shape index (κ2) is 6.89. The van der Waals surface area contributed by atoms with Gasteiger partial charge in [0.25, 0.3) is 0 Å². The molecule has 0 saturated carbocycles. The fourth-order valence-corrected chi connectivity index (χ4v) is 3.61. The number of aromatic nitrogens is 2. The molecule has 4 nitrogen and oxygen atoms in total. The van der Waals surface area contributed by atoms with Crippen LogP contribution in [0.25, 0.3) is 4.96 Å². The van der Waals surface area contributed by atoms with E-state index in [0.29, 0.717) is 11.7 Å². The zero-order valence-electron chi connectivity index (χ0n) is 12.0. The Hall–Kier alpha value is -0.620. The van der Waals surface area contributed by atoms with Gasteiger partial charge >= 0.3 is 0 Å². The minimum atomic E-state index is 0.166. The van der Waals surface area contributed by atoms with Crippen molar-refractivity contribution in [3.05, 3.63) is 22.4 Å². The van der Waals surface area contributed by atoms with Crippen molar-refractivity contribution in [1.82, 2.24) is 14.7 Å². The Labute approximate surface area is 128 Å². The van der Waals surface area contributed by atoms with Crippen LogP contribution >= 0.6 is 22.9 Å². The van der Waals surface area contributed by atoms with Crippen molar-refractivity contribution in [3.63, 3.8) is 0 Å². The number of aliphatic hydroxyl groups is 1. The average Bonchev–Trinajstić information content (AvgIpc) is 3.00. The zero-order valence-corrected chi connectivity index (χ0v) is 13.6. The molecule has 0 bridgehead atoms. The van der Waals surface area contributed by atoms with Gasteiger partial charge in [-0.15, -0.1) is 11.3 Å². The van der Waals surface area contributed by atoms with E-state index in [0.717, 1.165) is 36.5 Å². The Morgan fingerprint density at radius 3 is 2.85 bits per heavy atom. The summed E-state index contributed by atoms with van der Waals surface area (Å²) in [6.07, 6.45) is 4.95. The third-order valence-corrected chi connectivity index (χ3v) is 5.31. The van der Waals surface area contributed by atoms with Crippen molar-refractivity contribution < 1.29 is 5.11 Å². The molecule has 0 saturated heterocycles. The smallest absolute Gasteiger partial charge is 0.195 e. The molecule has 6 heteroatoms. The van der Waals surface area contributed by atoms with Gasteiger partial charge in [0, 0.05) is 31.3 Å². The number of nitrogens with one attached hydrogen (secondary N) is 1. The van der Waals surface area contributed by atoms with Crippen LogP contribution in [0.1, 0.15) is 38.8 Å². The number of halogens is 1. The van der Waals surface area contributed by atoms with Gasteiger partial charge in [0.05, 0.1) is 5.69 Å². The van der Waals surface area contributed by atoms with Gasteiger partial charge in [0.2, 0.25) is 0 Å². The summed E-state index contributed by atoms with van der Waals surface area (Å²) < 4.78 is 2.03. The second-order valence-electron chi connectivity index (χ2n) is 5.19. The highest BCUT2D eigenvalue weighted by molar-refractivity contribution is 7.15. The molecule has 2 N–H and O–H groups in total. The van der Waals surface area contributed by atoms with Crippen LogP contribution in [0.3, 0.4) is 0 Å². The van der Waals surface area contributed by atoms with Crippen molar-refractivity contribution in [2.75, 3.05) is 13.2 Å². The van der Waals surface area contributed by atoms with E-state index in [1.54, 1.807) is 11.3 Å². The summed E-state index contributed by atoms with van der Waals surface area (Å²) in [5.74, 6) is 0. The van der Waals surface area contributed by atoms with Crippen LogP contribution in [-0.2, 0) is 6.54 Å². The van der Waals surface area contributed by atoms with Gasteiger partial charge < -0.3 is 10.4 Å². The van der Waals surface area contributed by atoms with Gasteiger partial charge in [-0.05, 0) is 24.7 Å². The minimum Gasteiger partial charge on any atom is -0.396 e. The summed E-state index contributed by atoms with van der Waals surface area (Å²) in [6.45, 7) is 6.19. The van der Waals surface area contributed by atoms with Gasteiger partial charge in [-0.25, -0.2) is 4.98 Å². The molecule has 0 atom stereocenters. The normalized spacial score (nSPS) is 12.4. The Kier molecular flexibility index (Phi) is 5.43. The molecule has 0 fully saturated rings. The average molecular weight is 316 g/mol. The van der Waals surface area contributed by atoms with Crippen molar-refractivity contribution in [2.24, 2.45) is 5.41 Å². The first kappa shape index (κ1) is 15.8. The molecule has 0 aliphatic heterocycles. The van der Waals surface area contributed by atoms with Crippen LogP contribution in [0.5, 0.6) is 0 Å². The molecule has 0 amide bonds. The Morgan fingerprint density at radius 1 is 1.45 bits per heavy atom. The van der Waals surface area contributed by atoms with Crippen LogP contribution in [0, 0.1) is 5.41 Å².